The van der Waals surface area contributed by atoms with Crippen LogP contribution in [0, 0.1) is 11.3 Å². The van der Waals surface area contributed by atoms with Crippen LogP contribution in [0.5, 0.6) is 5.75 Å². The van der Waals surface area contributed by atoms with Gasteiger partial charge in [-0.1, -0.05) is 39.8 Å². The Morgan fingerprint density at radius 1 is 1.22 bits per heavy atom. The molecule has 0 spiro atoms. The van der Waals surface area contributed by atoms with E-state index in [9.17, 15) is 9.90 Å². The molecule has 0 unspecified atom stereocenters. The average Bonchev–Trinajstić information content (AvgIpc) is 2.83. The van der Waals surface area contributed by atoms with Gasteiger partial charge in [-0.2, -0.15) is 0 Å². The van der Waals surface area contributed by atoms with E-state index in [0.29, 0.717) is 5.92 Å². The summed E-state index contributed by atoms with van der Waals surface area (Å²) in [5.74, 6) is 1.31. The van der Waals surface area contributed by atoms with Gasteiger partial charge in [-0.15, -0.1) is 0 Å². The van der Waals surface area contributed by atoms with Crippen molar-refractivity contribution in [3.63, 3.8) is 0 Å². The number of aliphatic hydroxyl groups is 1. The van der Waals surface area contributed by atoms with Crippen LogP contribution in [0.2, 0.25) is 13.1 Å². The summed E-state index contributed by atoms with van der Waals surface area (Å²) in [5.41, 5.74) is 1.61. The molecule has 150 valence electrons. The van der Waals surface area contributed by atoms with E-state index in [1.165, 1.54) is 11.1 Å². The third-order valence-electron chi connectivity index (χ3n) is 7.19. The molecule has 27 heavy (non-hydrogen) atoms. The molecule has 2 aliphatic rings. The van der Waals surface area contributed by atoms with Crippen molar-refractivity contribution in [1.82, 2.24) is 0 Å². The number of benzene rings is 1. The Balaban J connectivity index is 1.94. The van der Waals surface area contributed by atoms with Crippen molar-refractivity contribution in [2.75, 3.05) is 0 Å². The van der Waals surface area contributed by atoms with Gasteiger partial charge in [0.1, 0.15) is 12.0 Å². The first-order chi connectivity index (χ1) is 12.5. The highest BCUT2D eigenvalue weighted by atomic mass is 28.3. The predicted octanol–water partition coefficient (Wildman–Crippen LogP) is 4.96. The van der Waals surface area contributed by atoms with Crippen molar-refractivity contribution >= 4 is 15.3 Å². The summed E-state index contributed by atoms with van der Waals surface area (Å²) in [5, 5.41) is 11.5. The van der Waals surface area contributed by atoms with E-state index in [1.54, 1.807) is 0 Å². The van der Waals surface area contributed by atoms with E-state index in [0.717, 1.165) is 44.1 Å². The molecule has 2 saturated carbocycles. The molecule has 3 rings (SSSR count). The van der Waals surface area contributed by atoms with E-state index in [1.807, 2.05) is 0 Å². The highest BCUT2D eigenvalue weighted by Crippen LogP contribution is 2.60. The van der Waals surface area contributed by atoms with Crippen LogP contribution in [-0.2, 0) is 10.2 Å². The van der Waals surface area contributed by atoms with Crippen molar-refractivity contribution in [1.29, 1.82) is 0 Å². The third kappa shape index (κ3) is 3.63. The Bertz CT molecular complexity index is 708. The molecule has 0 amide bonds. The molecule has 0 radical (unpaired) electrons. The highest BCUT2D eigenvalue weighted by Gasteiger charge is 2.59. The summed E-state index contributed by atoms with van der Waals surface area (Å²) < 4.78 is 6.35. The first-order valence-corrected chi connectivity index (χ1v) is 13.3. The SMILES string of the molecule is C[SiH](C)Oc1cc(C(C)(C)C)ccc1[C@H]1CC[C@]2(C)[C@@H](C=O)CC[C@]2(O)C1. The quantitative estimate of drug-likeness (QED) is 0.586. The minimum atomic E-state index is -1.23. The smallest absolute Gasteiger partial charge is 0.229 e. The number of fused-ring (bicyclic) bond motifs is 1. The lowest BCUT2D eigenvalue weighted by Gasteiger charge is -2.48. The minimum Gasteiger partial charge on any atom is -0.547 e. The molecular weight excluding hydrogens is 352 g/mol. The fourth-order valence-corrected chi connectivity index (χ4v) is 5.97. The van der Waals surface area contributed by atoms with Crippen LogP contribution in [0.4, 0.5) is 0 Å². The van der Waals surface area contributed by atoms with Gasteiger partial charge < -0.3 is 14.3 Å². The van der Waals surface area contributed by atoms with Gasteiger partial charge in [0.2, 0.25) is 9.04 Å². The van der Waals surface area contributed by atoms with E-state index in [4.69, 9.17) is 4.43 Å². The Labute approximate surface area is 166 Å². The maximum atomic E-state index is 11.5. The van der Waals surface area contributed by atoms with Crippen LogP contribution < -0.4 is 4.43 Å². The van der Waals surface area contributed by atoms with Crippen molar-refractivity contribution in [3.8, 4) is 5.75 Å². The number of carbonyl (C=O) groups excluding carboxylic acids is 1. The molecule has 4 heteroatoms. The zero-order chi connectivity index (χ0) is 20.0. The summed E-state index contributed by atoms with van der Waals surface area (Å²) in [6.45, 7) is 13.2. The Morgan fingerprint density at radius 2 is 1.93 bits per heavy atom. The van der Waals surface area contributed by atoms with Gasteiger partial charge in [-0.3, -0.25) is 0 Å². The van der Waals surface area contributed by atoms with Gasteiger partial charge in [0, 0.05) is 11.3 Å². The second kappa shape index (κ2) is 7.04. The lowest BCUT2D eigenvalue weighted by molar-refractivity contribution is -0.128. The van der Waals surface area contributed by atoms with Gasteiger partial charge in [0.05, 0.1) is 5.60 Å². The molecule has 3 nitrogen and oxygen atoms in total. The number of hydrogen-bond donors (Lipinski definition) is 1. The molecule has 0 aromatic heterocycles. The van der Waals surface area contributed by atoms with E-state index < -0.39 is 14.6 Å². The Kier molecular flexibility index (Phi) is 5.37. The second-order valence-corrected chi connectivity index (χ2v) is 12.7. The summed E-state index contributed by atoms with van der Waals surface area (Å²) in [7, 11) is -1.23. The van der Waals surface area contributed by atoms with Gasteiger partial charge in [0.15, 0.2) is 0 Å². The average molecular weight is 389 g/mol. The topological polar surface area (TPSA) is 46.5 Å². The van der Waals surface area contributed by atoms with Crippen molar-refractivity contribution in [2.45, 2.75) is 89.8 Å². The Hall–Kier alpha value is -1.13. The predicted molar refractivity (Wildman–Crippen MR) is 113 cm³/mol. The molecule has 1 aromatic rings. The van der Waals surface area contributed by atoms with Crippen LogP contribution >= 0.6 is 0 Å². The Morgan fingerprint density at radius 3 is 2.52 bits per heavy atom. The van der Waals surface area contributed by atoms with Crippen molar-refractivity contribution in [3.05, 3.63) is 29.3 Å². The summed E-state index contributed by atoms with van der Waals surface area (Å²) in [6, 6.07) is 6.68. The minimum absolute atomic E-state index is 0.00879. The summed E-state index contributed by atoms with van der Waals surface area (Å²) in [4.78, 5) is 11.5. The lowest BCUT2D eigenvalue weighted by atomic mass is 9.59. The van der Waals surface area contributed by atoms with Gasteiger partial charge in [-0.25, -0.2) is 0 Å². The van der Waals surface area contributed by atoms with Crippen LogP contribution in [-0.4, -0.2) is 26.0 Å². The standard InChI is InChI=1S/C23H36O3Si/c1-21(2,3)17-7-8-19(20(13-17)26-27(5)6)16-9-11-22(4)18(15-24)10-12-23(22,25)14-16/h7-8,13,15-16,18,25,27H,9-12,14H2,1-6H3/t16-,18+,22+,23-/m0/s1. The summed E-state index contributed by atoms with van der Waals surface area (Å²) in [6.07, 6.45) is 5.27. The molecule has 0 saturated heterocycles. The zero-order valence-electron chi connectivity index (χ0n) is 17.8. The van der Waals surface area contributed by atoms with Crippen LogP contribution in [0.3, 0.4) is 0 Å². The molecule has 1 aromatic carbocycles. The largest absolute Gasteiger partial charge is 0.547 e. The molecule has 0 heterocycles. The third-order valence-corrected chi connectivity index (χ3v) is 7.92. The molecule has 1 N–H and O–H groups in total. The van der Waals surface area contributed by atoms with E-state index in [2.05, 4.69) is 59.0 Å². The van der Waals surface area contributed by atoms with E-state index in [-0.39, 0.29) is 16.7 Å². The second-order valence-electron chi connectivity index (χ2n) is 10.3. The van der Waals surface area contributed by atoms with Gasteiger partial charge in [0.25, 0.3) is 0 Å². The van der Waals surface area contributed by atoms with Crippen LogP contribution in [0.25, 0.3) is 0 Å². The van der Waals surface area contributed by atoms with Crippen LogP contribution in [0.1, 0.15) is 76.8 Å². The summed E-state index contributed by atoms with van der Waals surface area (Å²) >= 11 is 0. The fraction of sp³-hybridized carbons (Fsp3) is 0.696. The normalized spacial score (nSPS) is 33.8. The zero-order valence-corrected chi connectivity index (χ0v) is 19.0. The van der Waals surface area contributed by atoms with Crippen molar-refractivity contribution < 1.29 is 14.3 Å². The molecule has 0 bridgehead atoms. The number of aldehydes is 1. The number of hydrogen-bond acceptors (Lipinski definition) is 3. The van der Waals surface area contributed by atoms with Gasteiger partial charge >= 0.3 is 0 Å². The van der Waals surface area contributed by atoms with Crippen molar-refractivity contribution in [2.24, 2.45) is 11.3 Å². The molecular formula is C23H36O3Si. The molecule has 4 atom stereocenters. The van der Waals surface area contributed by atoms with Crippen LogP contribution in [0.15, 0.2) is 18.2 Å². The maximum absolute atomic E-state index is 11.5. The molecule has 0 aliphatic heterocycles. The molecule has 2 fully saturated rings. The van der Waals surface area contributed by atoms with Gasteiger partial charge in [-0.05, 0) is 73.7 Å². The number of carbonyl (C=O) groups is 1. The van der Waals surface area contributed by atoms with E-state index >= 15 is 0 Å². The monoisotopic (exact) mass is 388 g/mol. The number of rotatable bonds is 4. The molecule has 2 aliphatic carbocycles. The highest BCUT2D eigenvalue weighted by molar-refractivity contribution is 6.49. The first kappa shape index (κ1) is 20.6. The first-order valence-electron chi connectivity index (χ1n) is 10.5. The fourth-order valence-electron chi connectivity index (χ4n) is 5.26. The maximum Gasteiger partial charge on any atom is 0.229 e. The lowest BCUT2D eigenvalue weighted by Crippen LogP contribution is -2.49.